The van der Waals surface area contributed by atoms with E-state index in [4.69, 9.17) is 16.3 Å². The first-order chi connectivity index (χ1) is 18.0. The fraction of sp³-hybridized carbons (Fsp3) is 0.238. The number of urea groups is 1. The standard InChI is InChI=1S/C21H19ClF3N9O4/c1-10(37-2)17-14(8-26-16-5-15(22)31-34(16)17)30-20(36)29-12-4-13(21(23,24)25)18(27-7-12)33-9-11(6-28-33)19(35)32-38-3/h4-10H,1-3H3,(H,32,35)(H2,29,30,36)/t10-/m0/s1. The van der Waals surface area contributed by atoms with Crippen LogP contribution in [0.4, 0.5) is 29.3 Å². The van der Waals surface area contributed by atoms with Gasteiger partial charge in [0.2, 0.25) is 0 Å². The van der Waals surface area contributed by atoms with Crippen molar-refractivity contribution in [3.8, 4) is 5.82 Å². The average molecular weight is 554 g/mol. The molecule has 4 heterocycles. The molecule has 3 N–H and O–H groups in total. The third-order valence-electron chi connectivity index (χ3n) is 5.16. The number of pyridine rings is 1. The monoisotopic (exact) mass is 553 g/mol. The number of anilines is 2. The minimum Gasteiger partial charge on any atom is -0.375 e. The van der Waals surface area contributed by atoms with E-state index in [0.717, 1.165) is 23.3 Å². The lowest BCUT2D eigenvalue weighted by Crippen LogP contribution is -2.23. The maximum absolute atomic E-state index is 13.9. The van der Waals surface area contributed by atoms with Gasteiger partial charge in [-0.15, -0.1) is 0 Å². The van der Waals surface area contributed by atoms with Crippen LogP contribution in [0.25, 0.3) is 11.5 Å². The van der Waals surface area contributed by atoms with E-state index in [1.165, 1.54) is 31.0 Å². The van der Waals surface area contributed by atoms with Crippen LogP contribution >= 0.6 is 11.6 Å². The van der Waals surface area contributed by atoms with Crippen molar-refractivity contribution in [1.29, 1.82) is 0 Å². The molecule has 4 rings (SSSR count). The Morgan fingerprint density at radius 3 is 2.55 bits per heavy atom. The number of halogens is 4. The molecule has 3 amide bonds. The molecule has 0 aliphatic carbocycles. The van der Waals surface area contributed by atoms with E-state index in [9.17, 15) is 22.8 Å². The van der Waals surface area contributed by atoms with Gasteiger partial charge in [0, 0.05) is 19.4 Å². The van der Waals surface area contributed by atoms with E-state index >= 15 is 0 Å². The van der Waals surface area contributed by atoms with Crippen LogP contribution in [-0.4, -0.2) is 55.5 Å². The van der Waals surface area contributed by atoms with Crippen molar-refractivity contribution >= 4 is 40.6 Å². The number of ether oxygens (including phenoxy) is 1. The number of alkyl halides is 3. The number of methoxy groups -OCH3 is 1. The number of nitrogens with one attached hydrogen (secondary N) is 3. The van der Waals surface area contributed by atoms with Crippen molar-refractivity contribution in [3.63, 3.8) is 0 Å². The molecule has 0 spiro atoms. The summed E-state index contributed by atoms with van der Waals surface area (Å²) in [5.74, 6) is -1.32. The summed E-state index contributed by atoms with van der Waals surface area (Å²) < 4.78 is 49.1. The molecule has 0 aromatic carbocycles. The number of rotatable bonds is 7. The summed E-state index contributed by atoms with van der Waals surface area (Å²) in [4.78, 5) is 37.0. The number of hydrogen-bond acceptors (Lipinski definition) is 8. The fourth-order valence-electron chi connectivity index (χ4n) is 3.43. The first-order valence-corrected chi connectivity index (χ1v) is 11.0. The second kappa shape index (κ2) is 10.6. The van der Waals surface area contributed by atoms with Gasteiger partial charge >= 0.3 is 12.2 Å². The van der Waals surface area contributed by atoms with Crippen molar-refractivity contribution in [1.82, 2.24) is 34.8 Å². The van der Waals surface area contributed by atoms with Crippen molar-refractivity contribution in [2.24, 2.45) is 0 Å². The van der Waals surface area contributed by atoms with Crippen LogP contribution in [0.15, 0.2) is 36.9 Å². The van der Waals surface area contributed by atoms with Crippen molar-refractivity contribution in [2.75, 3.05) is 24.9 Å². The van der Waals surface area contributed by atoms with Gasteiger partial charge in [-0.25, -0.2) is 29.4 Å². The highest BCUT2D eigenvalue weighted by Crippen LogP contribution is 2.34. The lowest BCUT2D eigenvalue weighted by atomic mass is 10.2. The van der Waals surface area contributed by atoms with Crippen LogP contribution in [-0.2, 0) is 15.8 Å². The zero-order valence-corrected chi connectivity index (χ0v) is 20.6. The summed E-state index contributed by atoms with van der Waals surface area (Å²) in [5.41, 5.74) is 1.48. The summed E-state index contributed by atoms with van der Waals surface area (Å²) in [6.45, 7) is 1.70. The number of fused-ring (bicyclic) bond motifs is 1. The van der Waals surface area contributed by atoms with Gasteiger partial charge in [0.05, 0.1) is 54.4 Å². The maximum atomic E-state index is 13.9. The first-order valence-electron chi connectivity index (χ1n) is 10.6. The van der Waals surface area contributed by atoms with Gasteiger partial charge in [-0.3, -0.25) is 9.63 Å². The van der Waals surface area contributed by atoms with E-state index in [1.54, 1.807) is 6.92 Å². The lowest BCUT2D eigenvalue weighted by Gasteiger charge is -2.17. The molecule has 0 saturated carbocycles. The topological polar surface area (TPSA) is 150 Å². The van der Waals surface area contributed by atoms with Gasteiger partial charge < -0.3 is 15.4 Å². The molecule has 0 unspecified atom stereocenters. The molecule has 0 saturated heterocycles. The highest BCUT2D eigenvalue weighted by Gasteiger charge is 2.36. The van der Waals surface area contributed by atoms with Crippen LogP contribution in [0.2, 0.25) is 5.15 Å². The molecular formula is C21H19ClF3N9O4. The minimum absolute atomic E-state index is 0.0616. The lowest BCUT2D eigenvalue weighted by molar-refractivity contribution is -0.137. The zero-order valence-electron chi connectivity index (χ0n) is 19.9. The second-order valence-electron chi connectivity index (χ2n) is 7.65. The molecule has 4 aromatic rings. The number of nitrogens with zero attached hydrogens (tertiary/aromatic N) is 6. The van der Waals surface area contributed by atoms with Crippen molar-refractivity contribution < 1.29 is 32.3 Å². The van der Waals surface area contributed by atoms with Crippen molar-refractivity contribution in [2.45, 2.75) is 19.2 Å². The minimum atomic E-state index is -4.87. The maximum Gasteiger partial charge on any atom is 0.420 e. The van der Waals surface area contributed by atoms with Crippen molar-refractivity contribution in [3.05, 3.63) is 58.9 Å². The van der Waals surface area contributed by atoms with Crippen LogP contribution in [0.5, 0.6) is 0 Å². The molecule has 200 valence electrons. The molecule has 13 nitrogen and oxygen atoms in total. The predicted molar refractivity (Wildman–Crippen MR) is 127 cm³/mol. The normalized spacial score (nSPS) is 12.4. The Bertz CT molecular complexity index is 1510. The first kappa shape index (κ1) is 26.8. The summed E-state index contributed by atoms with van der Waals surface area (Å²) >= 11 is 5.97. The number of aromatic nitrogens is 6. The van der Waals surface area contributed by atoms with Gasteiger partial charge in [0.1, 0.15) is 5.56 Å². The van der Waals surface area contributed by atoms with Crippen LogP contribution < -0.4 is 16.1 Å². The quantitative estimate of drug-likeness (QED) is 0.294. The molecule has 38 heavy (non-hydrogen) atoms. The third kappa shape index (κ3) is 5.51. The van der Waals surface area contributed by atoms with Gasteiger partial charge in [-0.1, -0.05) is 11.6 Å². The van der Waals surface area contributed by atoms with Crippen LogP contribution in [0.1, 0.15) is 34.6 Å². The van der Waals surface area contributed by atoms with E-state index < -0.39 is 35.6 Å². The van der Waals surface area contributed by atoms with E-state index in [2.05, 4.69) is 35.6 Å². The number of amides is 3. The molecule has 1 atom stereocenters. The third-order valence-corrected chi connectivity index (χ3v) is 5.35. The average Bonchev–Trinajstić information content (AvgIpc) is 3.49. The Balaban J connectivity index is 1.61. The molecule has 17 heteroatoms. The van der Waals surface area contributed by atoms with Crippen LogP contribution in [0.3, 0.4) is 0 Å². The van der Waals surface area contributed by atoms with Gasteiger partial charge in [-0.05, 0) is 13.0 Å². The smallest absolute Gasteiger partial charge is 0.375 e. The molecule has 0 bridgehead atoms. The summed E-state index contributed by atoms with van der Waals surface area (Å²) in [6.07, 6.45) is -0.980. The highest BCUT2D eigenvalue weighted by atomic mass is 35.5. The number of carbonyl (C=O) groups is 2. The molecule has 4 aromatic heterocycles. The van der Waals surface area contributed by atoms with Gasteiger partial charge in [-0.2, -0.15) is 23.4 Å². The van der Waals surface area contributed by atoms with Crippen LogP contribution in [0, 0.1) is 0 Å². The Morgan fingerprint density at radius 1 is 1.11 bits per heavy atom. The fourth-order valence-corrected chi connectivity index (χ4v) is 3.61. The largest absolute Gasteiger partial charge is 0.420 e. The Morgan fingerprint density at radius 2 is 1.87 bits per heavy atom. The van der Waals surface area contributed by atoms with E-state index in [0.29, 0.717) is 17.4 Å². The Kier molecular flexibility index (Phi) is 7.47. The van der Waals surface area contributed by atoms with E-state index in [1.807, 2.05) is 5.48 Å². The molecule has 0 fully saturated rings. The Hall–Kier alpha value is -4.28. The number of hydrogen-bond donors (Lipinski definition) is 3. The predicted octanol–water partition coefficient (Wildman–Crippen LogP) is 3.62. The summed E-state index contributed by atoms with van der Waals surface area (Å²) in [6, 6.07) is 1.32. The molecule has 0 aliphatic rings. The second-order valence-corrected chi connectivity index (χ2v) is 8.04. The molecule has 0 aliphatic heterocycles. The zero-order chi connectivity index (χ0) is 27.6. The Labute approximate surface area is 216 Å². The molecular weight excluding hydrogens is 535 g/mol. The SMILES string of the molecule is CONC(=O)c1cnn(-c2ncc(NC(=O)Nc3cnc4cc(Cl)nn4c3[C@H](C)OC)cc2C(F)(F)F)c1. The van der Waals surface area contributed by atoms with Gasteiger partial charge in [0.15, 0.2) is 16.6 Å². The summed E-state index contributed by atoms with van der Waals surface area (Å²) in [5, 5.41) is 12.9. The van der Waals surface area contributed by atoms with Gasteiger partial charge in [0.25, 0.3) is 5.91 Å². The number of carbonyl (C=O) groups excluding carboxylic acids is 2. The molecule has 0 radical (unpaired) electrons. The highest BCUT2D eigenvalue weighted by molar-refractivity contribution is 6.29. The number of hydroxylamine groups is 1. The summed E-state index contributed by atoms with van der Waals surface area (Å²) in [7, 11) is 2.65. The van der Waals surface area contributed by atoms with E-state index in [-0.39, 0.29) is 22.1 Å².